The molecule has 2 aliphatic rings. The Bertz CT molecular complexity index is 277. The highest BCUT2D eigenvalue weighted by Gasteiger charge is 2.35. The third kappa shape index (κ3) is 4.73. The molecule has 0 amide bonds. The molecule has 20 heavy (non-hydrogen) atoms. The third-order valence-electron chi connectivity index (χ3n) is 5.45. The van der Waals surface area contributed by atoms with Crippen molar-refractivity contribution in [1.29, 1.82) is 0 Å². The normalized spacial score (nSPS) is 27.1. The maximum absolute atomic E-state index is 3.67. The van der Waals surface area contributed by atoms with Crippen LogP contribution >= 0.6 is 0 Å². The Hall–Kier alpha value is -0.0800. The van der Waals surface area contributed by atoms with E-state index in [1.54, 1.807) is 0 Å². The molecule has 2 heteroatoms. The highest BCUT2D eigenvalue weighted by Crippen LogP contribution is 2.37. The van der Waals surface area contributed by atoms with Crippen LogP contribution in [0.25, 0.3) is 0 Å². The average Bonchev–Trinajstić information content (AvgIpc) is 2.61. The van der Waals surface area contributed by atoms with Gasteiger partial charge in [-0.1, -0.05) is 46.5 Å². The van der Waals surface area contributed by atoms with Gasteiger partial charge in [0.1, 0.15) is 0 Å². The van der Waals surface area contributed by atoms with E-state index >= 15 is 0 Å². The first-order valence-corrected chi connectivity index (χ1v) is 8.98. The monoisotopic (exact) mass is 280 g/mol. The minimum atomic E-state index is 0.530. The minimum absolute atomic E-state index is 0.530. The van der Waals surface area contributed by atoms with Crippen molar-refractivity contribution in [3.05, 3.63) is 0 Å². The molecule has 1 heterocycles. The lowest BCUT2D eigenvalue weighted by atomic mass is 9.77. The van der Waals surface area contributed by atoms with Gasteiger partial charge in [0.25, 0.3) is 0 Å². The van der Waals surface area contributed by atoms with Crippen LogP contribution in [0.1, 0.15) is 72.1 Å². The molecular formula is C18H36N2. The number of likely N-dealkylation sites (tertiary alicyclic amines) is 1. The van der Waals surface area contributed by atoms with Crippen LogP contribution in [-0.4, -0.2) is 37.6 Å². The number of nitrogens with zero attached hydrogens (tertiary/aromatic N) is 1. The van der Waals surface area contributed by atoms with E-state index in [4.69, 9.17) is 0 Å². The first-order valence-electron chi connectivity index (χ1n) is 8.98. The zero-order chi connectivity index (χ0) is 14.5. The molecule has 0 radical (unpaired) electrons. The molecule has 0 atom stereocenters. The molecule has 0 bridgehead atoms. The minimum Gasteiger partial charge on any atom is -0.316 e. The fourth-order valence-corrected chi connectivity index (χ4v) is 4.41. The zero-order valence-electron chi connectivity index (χ0n) is 14.1. The molecule has 2 rings (SSSR count). The van der Waals surface area contributed by atoms with Crippen molar-refractivity contribution < 1.29 is 0 Å². The van der Waals surface area contributed by atoms with Crippen molar-refractivity contribution >= 4 is 0 Å². The van der Waals surface area contributed by atoms with Crippen LogP contribution in [0.15, 0.2) is 0 Å². The topological polar surface area (TPSA) is 15.3 Å². The van der Waals surface area contributed by atoms with Crippen molar-refractivity contribution in [2.24, 2.45) is 10.8 Å². The second-order valence-electron chi connectivity index (χ2n) is 8.17. The first kappa shape index (κ1) is 16.3. The van der Waals surface area contributed by atoms with E-state index in [1.165, 1.54) is 77.5 Å². The SMILES string of the molecule is CCNCC1(CN2CCCC(C)(C)C2)CCCCCC1. The smallest absolute Gasteiger partial charge is 0.00504 e. The summed E-state index contributed by atoms with van der Waals surface area (Å²) in [7, 11) is 0. The van der Waals surface area contributed by atoms with Crippen molar-refractivity contribution in [1.82, 2.24) is 10.2 Å². The molecule has 0 aromatic heterocycles. The van der Waals surface area contributed by atoms with Crippen LogP contribution < -0.4 is 5.32 Å². The van der Waals surface area contributed by atoms with E-state index in [-0.39, 0.29) is 0 Å². The van der Waals surface area contributed by atoms with E-state index in [0.29, 0.717) is 10.8 Å². The molecule has 2 nitrogen and oxygen atoms in total. The van der Waals surface area contributed by atoms with Gasteiger partial charge >= 0.3 is 0 Å². The van der Waals surface area contributed by atoms with Crippen molar-refractivity contribution in [2.75, 3.05) is 32.7 Å². The van der Waals surface area contributed by atoms with Gasteiger partial charge in [-0.05, 0) is 49.6 Å². The van der Waals surface area contributed by atoms with Gasteiger partial charge in [-0.3, -0.25) is 0 Å². The summed E-state index contributed by atoms with van der Waals surface area (Å²) >= 11 is 0. The summed E-state index contributed by atoms with van der Waals surface area (Å²) in [6, 6.07) is 0. The van der Waals surface area contributed by atoms with Crippen molar-refractivity contribution in [2.45, 2.75) is 72.1 Å². The zero-order valence-corrected chi connectivity index (χ0v) is 14.1. The predicted octanol–water partition coefficient (Wildman–Crippen LogP) is 4.06. The Kier molecular flexibility index (Phi) is 5.92. The number of rotatable bonds is 5. The van der Waals surface area contributed by atoms with E-state index in [0.717, 1.165) is 6.54 Å². The molecule has 1 aliphatic heterocycles. The van der Waals surface area contributed by atoms with Crippen molar-refractivity contribution in [3.8, 4) is 0 Å². The van der Waals surface area contributed by atoms with Crippen LogP contribution in [-0.2, 0) is 0 Å². The van der Waals surface area contributed by atoms with Crippen LogP contribution in [0.2, 0.25) is 0 Å². The Labute approximate surface area is 126 Å². The maximum atomic E-state index is 3.67. The molecule has 1 saturated heterocycles. The third-order valence-corrected chi connectivity index (χ3v) is 5.45. The lowest BCUT2D eigenvalue weighted by Crippen LogP contribution is -2.49. The fourth-order valence-electron chi connectivity index (χ4n) is 4.41. The summed E-state index contributed by atoms with van der Waals surface area (Å²) in [6.45, 7) is 13.5. The second-order valence-corrected chi connectivity index (χ2v) is 8.17. The summed E-state index contributed by atoms with van der Waals surface area (Å²) in [6.07, 6.45) is 11.5. The van der Waals surface area contributed by atoms with Gasteiger partial charge in [0.2, 0.25) is 0 Å². The molecule has 1 saturated carbocycles. The summed E-state index contributed by atoms with van der Waals surface area (Å²) < 4.78 is 0. The van der Waals surface area contributed by atoms with Gasteiger partial charge in [-0.2, -0.15) is 0 Å². The molecular weight excluding hydrogens is 244 g/mol. The van der Waals surface area contributed by atoms with Crippen LogP contribution in [0, 0.1) is 10.8 Å². The van der Waals surface area contributed by atoms with Gasteiger partial charge in [-0.15, -0.1) is 0 Å². The number of piperidine rings is 1. The molecule has 0 unspecified atom stereocenters. The lowest BCUT2D eigenvalue weighted by molar-refractivity contribution is 0.0603. The summed E-state index contributed by atoms with van der Waals surface area (Å²) in [5.74, 6) is 0. The van der Waals surface area contributed by atoms with Gasteiger partial charge in [0.05, 0.1) is 0 Å². The maximum Gasteiger partial charge on any atom is 0.00504 e. The van der Waals surface area contributed by atoms with Gasteiger partial charge in [0.15, 0.2) is 0 Å². The largest absolute Gasteiger partial charge is 0.316 e. The number of hydrogen-bond acceptors (Lipinski definition) is 2. The Morgan fingerprint density at radius 2 is 1.65 bits per heavy atom. The number of hydrogen-bond donors (Lipinski definition) is 1. The van der Waals surface area contributed by atoms with Crippen LogP contribution in [0.5, 0.6) is 0 Å². The van der Waals surface area contributed by atoms with Crippen LogP contribution in [0.3, 0.4) is 0 Å². The lowest BCUT2D eigenvalue weighted by Gasteiger charge is -2.44. The van der Waals surface area contributed by atoms with Gasteiger partial charge in [-0.25, -0.2) is 0 Å². The molecule has 1 aliphatic carbocycles. The summed E-state index contributed by atoms with van der Waals surface area (Å²) in [5.41, 5.74) is 1.09. The first-order chi connectivity index (χ1) is 9.55. The average molecular weight is 280 g/mol. The summed E-state index contributed by atoms with van der Waals surface area (Å²) in [5, 5.41) is 3.67. The highest BCUT2D eigenvalue weighted by atomic mass is 15.1. The molecule has 118 valence electrons. The van der Waals surface area contributed by atoms with E-state index < -0.39 is 0 Å². The van der Waals surface area contributed by atoms with E-state index in [2.05, 4.69) is 31.0 Å². The highest BCUT2D eigenvalue weighted by molar-refractivity contribution is 4.89. The van der Waals surface area contributed by atoms with Crippen LogP contribution in [0.4, 0.5) is 0 Å². The fraction of sp³-hybridized carbons (Fsp3) is 1.00. The predicted molar refractivity (Wildman–Crippen MR) is 88.1 cm³/mol. The standard InChI is InChI=1S/C18H36N2/c1-4-19-14-18(11-7-5-6-8-12-18)16-20-13-9-10-17(2,3)15-20/h19H,4-16H2,1-3H3. The molecule has 2 fully saturated rings. The van der Waals surface area contributed by atoms with E-state index in [1.807, 2.05) is 0 Å². The van der Waals surface area contributed by atoms with E-state index in [9.17, 15) is 0 Å². The molecule has 1 N–H and O–H groups in total. The van der Waals surface area contributed by atoms with Gasteiger partial charge < -0.3 is 10.2 Å². The van der Waals surface area contributed by atoms with Crippen molar-refractivity contribution in [3.63, 3.8) is 0 Å². The Balaban J connectivity index is 1.98. The Morgan fingerprint density at radius 1 is 0.950 bits per heavy atom. The Morgan fingerprint density at radius 3 is 2.25 bits per heavy atom. The van der Waals surface area contributed by atoms with Gasteiger partial charge in [0, 0.05) is 19.6 Å². The quantitative estimate of drug-likeness (QED) is 0.764. The number of nitrogens with one attached hydrogen (secondary N) is 1. The molecule has 0 aromatic carbocycles. The molecule has 0 spiro atoms. The summed E-state index contributed by atoms with van der Waals surface area (Å²) in [4.78, 5) is 2.78. The second kappa shape index (κ2) is 7.26. The molecule has 0 aromatic rings.